The number of ether oxygens (including phenoxy) is 1. The highest BCUT2D eigenvalue weighted by atomic mass is 16.5. The molecule has 1 aliphatic heterocycles. The van der Waals surface area contributed by atoms with Gasteiger partial charge in [0.2, 0.25) is 5.91 Å². The molecule has 0 spiro atoms. The average molecular weight is 297 g/mol. The van der Waals surface area contributed by atoms with Crippen LogP contribution >= 0.6 is 0 Å². The Labute approximate surface area is 124 Å². The molecule has 1 heterocycles. The van der Waals surface area contributed by atoms with Crippen molar-refractivity contribution in [3.05, 3.63) is 0 Å². The molecule has 1 amide bonds. The number of aliphatic carboxylic acids is 1. The number of amides is 1. The number of rotatable bonds is 4. The van der Waals surface area contributed by atoms with Crippen LogP contribution in [-0.4, -0.2) is 47.5 Å². The van der Waals surface area contributed by atoms with Gasteiger partial charge in [-0.05, 0) is 39.0 Å². The molecular weight excluding hydrogens is 274 g/mol. The fourth-order valence-corrected chi connectivity index (χ4v) is 3.28. The van der Waals surface area contributed by atoms with Crippen molar-refractivity contribution in [1.82, 2.24) is 4.90 Å². The van der Waals surface area contributed by atoms with Crippen molar-refractivity contribution >= 4 is 17.8 Å². The van der Waals surface area contributed by atoms with Gasteiger partial charge >= 0.3 is 11.9 Å². The monoisotopic (exact) mass is 297 g/mol. The second-order valence-corrected chi connectivity index (χ2v) is 5.90. The van der Waals surface area contributed by atoms with Gasteiger partial charge in [-0.3, -0.25) is 14.4 Å². The number of piperidine rings is 1. The molecule has 2 atom stereocenters. The zero-order chi connectivity index (χ0) is 15.4. The number of carbonyl (C=O) groups excluding carboxylic acids is 2. The molecule has 21 heavy (non-hydrogen) atoms. The highest BCUT2D eigenvalue weighted by Gasteiger charge is 2.37. The molecule has 118 valence electrons. The van der Waals surface area contributed by atoms with Crippen molar-refractivity contribution in [2.75, 3.05) is 19.7 Å². The van der Waals surface area contributed by atoms with E-state index in [0.717, 1.165) is 0 Å². The zero-order valence-electron chi connectivity index (χ0n) is 12.4. The van der Waals surface area contributed by atoms with Crippen LogP contribution in [0.5, 0.6) is 0 Å². The fourth-order valence-electron chi connectivity index (χ4n) is 3.28. The van der Waals surface area contributed by atoms with Crippen LogP contribution in [-0.2, 0) is 19.1 Å². The van der Waals surface area contributed by atoms with Gasteiger partial charge in [-0.25, -0.2) is 0 Å². The van der Waals surface area contributed by atoms with E-state index < -0.39 is 5.97 Å². The van der Waals surface area contributed by atoms with Crippen LogP contribution < -0.4 is 0 Å². The maximum Gasteiger partial charge on any atom is 0.309 e. The number of hydrogen-bond donors (Lipinski definition) is 1. The molecule has 0 aromatic rings. The van der Waals surface area contributed by atoms with E-state index in [9.17, 15) is 14.4 Å². The second kappa shape index (κ2) is 6.91. The van der Waals surface area contributed by atoms with E-state index in [4.69, 9.17) is 9.84 Å². The number of likely N-dealkylation sites (tertiary alicyclic amines) is 1. The number of carbonyl (C=O) groups is 3. The summed E-state index contributed by atoms with van der Waals surface area (Å²) in [6, 6.07) is 0. The van der Waals surface area contributed by atoms with Gasteiger partial charge < -0.3 is 14.7 Å². The highest BCUT2D eigenvalue weighted by Crippen LogP contribution is 2.33. The molecule has 6 nitrogen and oxygen atoms in total. The van der Waals surface area contributed by atoms with Crippen molar-refractivity contribution in [1.29, 1.82) is 0 Å². The summed E-state index contributed by atoms with van der Waals surface area (Å²) in [6.07, 6.45) is 2.98. The standard InChI is InChI=1S/C15H23NO5/c1-2-21-15(20)10-5-7-16(8-6-10)13(17)11-3-4-12(9-11)14(18)19/h10-12H,2-9H2,1H3,(H,18,19). The van der Waals surface area contributed by atoms with Crippen LogP contribution in [0, 0.1) is 17.8 Å². The summed E-state index contributed by atoms with van der Waals surface area (Å²) in [5, 5.41) is 8.99. The Bertz CT molecular complexity index is 414. The predicted molar refractivity (Wildman–Crippen MR) is 74.4 cm³/mol. The normalized spacial score (nSPS) is 26.6. The molecule has 1 saturated carbocycles. The van der Waals surface area contributed by atoms with Gasteiger partial charge in [-0.1, -0.05) is 0 Å². The summed E-state index contributed by atoms with van der Waals surface area (Å²) in [5.41, 5.74) is 0. The van der Waals surface area contributed by atoms with E-state index in [1.54, 1.807) is 11.8 Å². The minimum Gasteiger partial charge on any atom is -0.481 e. The first kappa shape index (κ1) is 15.8. The summed E-state index contributed by atoms with van der Waals surface area (Å²) >= 11 is 0. The highest BCUT2D eigenvalue weighted by molar-refractivity contribution is 5.81. The Morgan fingerprint density at radius 2 is 1.67 bits per heavy atom. The summed E-state index contributed by atoms with van der Waals surface area (Å²) in [5.74, 6) is -1.56. The zero-order valence-corrected chi connectivity index (χ0v) is 12.4. The lowest BCUT2D eigenvalue weighted by Crippen LogP contribution is -2.43. The quantitative estimate of drug-likeness (QED) is 0.790. The maximum atomic E-state index is 12.4. The SMILES string of the molecule is CCOC(=O)C1CCN(C(=O)C2CCC(C(=O)O)C2)CC1. The maximum absolute atomic E-state index is 12.4. The van der Waals surface area contributed by atoms with Crippen molar-refractivity contribution in [3.63, 3.8) is 0 Å². The van der Waals surface area contributed by atoms with Crippen LogP contribution in [0.1, 0.15) is 39.0 Å². The molecule has 2 rings (SSSR count). The number of carboxylic acid groups (broad SMARTS) is 1. The fraction of sp³-hybridized carbons (Fsp3) is 0.800. The second-order valence-electron chi connectivity index (χ2n) is 5.90. The molecule has 2 aliphatic rings. The van der Waals surface area contributed by atoms with E-state index >= 15 is 0 Å². The summed E-state index contributed by atoms with van der Waals surface area (Å²) < 4.78 is 5.01. The largest absolute Gasteiger partial charge is 0.481 e. The number of esters is 1. The third kappa shape index (κ3) is 3.74. The first-order valence-electron chi connectivity index (χ1n) is 7.71. The van der Waals surface area contributed by atoms with E-state index in [2.05, 4.69) is 0 Å². The first-order chi connectivity index (χ1) is 10.0. The van der Waals surface area contributed by atoms with Crippen LogP contribution in [0.4, 0.5) is 0 Å². The lowest BCUT2D eigenvalue weighted by molar-refractivity contribution is -0.152. The van der Waals surface area contributed by atoms with E-state index in [1.165, 1.54) is 0 Å². The Morgan fingerprint density at radius 3 is 2.19 bits per heavy atom. The first-order valence-corrected chi connectivity index (χ1v) is 7.71. The van der Waals surface area contributed by atoms with E-state index in [-0.39, 0.29) is 29.6 Å². The number of hydrogen-bond acceptors (Lipinski definition) is 4. The predicted octanol–water partition coefficient (Wildman–Crippen LogP) is 1.29. The molecule has 0 radical (unpaired) electrons. The third-order valence-corrected chi connectivity index (χ3v) is 4.56. The topological polar surface area (TPSA) is 83.9 Å². The minimum atomic E-state index is -0.800. The Kier molecular flexibility index (Phi) is 5.20. The summed E-state index contributed by atoms with van der Waals surface area (Å²) in [4.78, 5) is 36.8. The van der Waals surface area contributed by atoms with Crippen molar-refractivity contribution in [2.24, 2.45) is 17.8 Å². The molecule has 2 unspecified atom stereocenters. The molecule has 1 N–H and O–H groups in total. The van der Waals surface area contributed by atoms with Gasteiger partial charge in [0.25, 0.3) is 0 Å². The van der Waals surface area contributed by atoms with Crippen molar-refractivity contribution in [2.45, 2.75) is 39.0 Å². The smallest absolute Gasteiger partial charge is 0.309 e. The molecule has 6 heteroatoms. The van der Waals surface area contributed by atoms with Crippen LogP contribution in [0.3, 0.4) is 0 Å². The minimum absolute atomic E-state index is 0.0565. The van der Waals surface area contributed by atoms with Crippen LogP contribution in [0.25, 0.3) is 0 Å². The molecule has 2 fully saturated rings. The van der Waals surface area contributed by atoms with E-state index in [1.807, 2.05) is 0 Å². The Hall–Kier alpha value is -1.59. The van der Waals surface area contributed by atoms with Gasteiger partial charge in [0.05, 0.1) is 18.4 Å². The third-order valence-electron chi connectivity index (χ3n) is 4.56. The molecule has 1 saturated heterocycles. The Morgan fingerprint density at radius 1 is 1.05 bits per heavy atom. The molecule has 0 bridgehead atoms. The lowest BCUT2D eigenvalue weighted by Gasteiger charge is -2.32. The lowest BCUT2D eigenvalue weighted by atomic mass is 9.95. The van der Waals surface area contributed by atoms with Crippen LogP contribution in [0.2, 0.25) is 0 Å². The number of nitrogens with zero attached hydrogens (tertiary/aromatic N) is 1. The summed E-state index contributed by atoms with van der Waals surface area (Å²) in [7, 11) is 0. The average Bonchev–Trinajstić information content (AvgIpc) is 2.97. The van der Waals surface area contributed by atoms with Crippen molar-refractivity contribution in [3.8, 4) is 0 Å². The van der Waals surface area contributed by atoms with Crippen molar-refractivity contribution < 1.29 is 24.2 Å². The molecule has 1 aliphatic carbocycles. The van der Waals surface area contributed by atoms with Gasteiger partial charge in [0.15, 0.2) is 0 Å². The Balaban J connectivity index is 1.81. The van der Waals surface area contributed by atoms with E-state index in [0.29, 0.717) is 51.8 Å². The molecular formula is C15H23NO5. The van der Waals surface area contributed by atoms with Crippen LogP contribution in [0.15, 0.2) is 0 Å². The van der Waals surface area contributed by atoms with Gasteiger partial charge in [0.1, 0.15) is 0 Å². The van der Waals surface area contributed by atoms with Gasteiger partial charge in [-0.2, -0.15) is 0 Å². The van der Waals surface area contributed by atoms with Gasteiger partial charge in [0, 0.05) is 19.0 Å². The van der Waals surface area contributed by atoms with Gasteiger partial charge in [-0.15, -0.1) is 0 Å². The summed E-state index contributed by atoms with van der Waals surface area (Å²) in [6.45, 7) is 3.30. The number of carboxylic acids is 1. The molecule has 0 aromatic heterocycles. The molecule has 0 aromatic carbocycles.